The lowest BCUT2D eigenvalue weighted by atomic mass is 9.94. The van der Waals surface area contributed by atoms with Crippen LogP contribution in [0.5, 0.6) is 0 Å². The maximum Gasteiger partial charge on any atom is 0.212 e. The van der Waals surface area contributed by atoms with E-state index in [-0.39, 0.29) is 11.9 Å². The third-order valence-electron chi connectivity index (χ3n) is 5.52. The van der Waals surface area contributed by atoms with Crippen molar-refractivity contribution in [2.75, 3.05) is 6.61 Å². The predicted molar refractivity (Wildman–Crippen MR) is 102 cm³/mol. The predicted octanol–water partition coefficient (Wildman–Crippen LogP) is 5.16. The fourth-order valence-corrected chi connectivity index (χ4v) is 4.20. The van der Waals surface area contributed by atoms with Crippen LogP contribution in [0.1, 0.15) is 51.7 Å². The fourth-order valence-electron chi connectivity index (χ4n) is 4.20. The highest BCUT2D eigenvalue weighted by Crippen LogP contribution is 2.44. The van der Waals surface area contributed by atoms with Crippen molar-refractivity contribution in [3.63, 3.8) is 0 Å². The molecule has 1 unspecified atom stereocenters. The molecule has 0 spiro atoms. The molecule has 3 heterocycles. The number of hydrogen-bond donors (Lipinski definition) is 0. The zero-order chi connectivity index (χ0) is 17.8. The van der Waals surface area contributed by atoms with Gasteiger partial charge in [0.25, 0.3) is 0 Å². The Morgan fingerprint density at radius 3 is 2.54 bits per heavy atom. The topological polar surface area (TPSA) is 31.2 Å². The molecule has 1 atom stereocenters. The highest BCUT2D eigenvalue weighted by Gasteiger charge is 2.35. The summed E-state index contributed by atoms with van der Waals surface area (Å²) in [5.74, 6) is 0.114. The molecule has 3 aromatic rings. The van der Waals surface area contributed by atoms with Gasteiger partial charge in [0, 0.05) is 29.5 Å². The van der Waals surface area contributed by atoms with Crippen molar-refractivity contribution >= 4 is 5.78 Å². The van der Waals surface area contributed by atoms with E-state index in [0.717, 1.165) is 58.6 Å². The van der Waals surface area contributed by atoms with Gasteiger partial charge in [-0.2, -0.15) is 0 Å². The zero-order valence-electron chi connectivity index (χ0n) is 15.1. The van der Waals surface area contributed by atoms with Crippen molar-refractivity contribution in [2.45, 2.75) is 32.8 Å². The first kappa shape index (κ1) is 15.6. The van der Waals surface area contributed by atoms with E-state index in [0.29, 0.717) is 0 Å². The molecule has 3 heteroatoms. The minimum Gasteiger partial charge on any atom is -0.373 e. The van der Waals surface area contributed by atoms with E-state index in [1.165, 1.54) is 5.56 Å². The summed E-state index contributed by atoms with van der Waals surface area (Å²) < 4.78 is 8.05. The van der Waals surface area contributed by atoms with E-state index in [9.17, 15) is 4.79 Å². The second-order valence-corrected chi connectivity index (χ2v) is 7.40. The number of hydrogen-bond acceptors (Lipinski definition) is 2. The summed E-state index contributed by atoms with van der Waals surface area (Å²) in [5.41, 5.74) is 8.15. The number of rotatable bonds is 2. The van der Waals surface area contributed by atoms with Crippen LogP contribution >= 0.6 is 0 Å². The number of benzene rings is 2. The lowest BCUT2D eigenvalue weighted by molar-refractivity contribution is 0.104. The Labute approximate surface area is 153 Å². The molecule has 2 aliphatic heterocycles. The molecule has 0 amide bonds. The molecule has 0 aliphatic carbocycles. The molecule has 1 aromatic heterocycles. The first-order valence-corrected chi connectivity index (χ1v) is 9.23. The molecular formula is C23H21NO2. The largest absolute Gasteiger partial charge is 0.373 e. The van der Waals surface area contributed by atoms with Gasteiger partial charge in [0.1, 0.15) is 5.69 Å². The monoisotopic (exact) mass is 343 g/mol. The number of ketones is 1. The summed E-state index contributed by atoms with van der Waals surface area (Å²) >= 11 is 0. The lowest BCUT2D eigenvalue weighted by Gasteiger charge is -2.12. The van der Waals surface area contributed by atoms with Gasteiger partial charge in [-0.1, -0.05) is 41.5 Å². The van der Waals surface area contributed by atoms with Crippen molar-refractivity contribution in [3.05, 3.63) is 76.6 Å². The Morgan fingerprint density at radius 1 is 1.04 bits per heavy atom. The van der Waals surface area contributed by atoms with E-state index in [1.807, 2.05) is 13.0 Å². The second kappa shape index (κ2) is 5.68. The Hall–Kier alpha value is -2.65. The molecule has 2 aromatic carbocycles. The Morgan fingerprint density at radius 2 is 1.81 bits per heavy atom. The van der Waals surface area contributed by atoms with Crippen LogP contribution in [0.4, 0.5) is 0 Å². The lowest BCUT2D eigenvalue weighted by Crippen LogP contribution is -2.02. The van der Waals surface area contributed by atoms with Gasteiger partial charge in [0.05, 0.1) is 11.8 Å². The van der Waals surface area contributed by atoms with Crippen LogP contribution in [-0.2, 0) is 4.74 Å². The van der Waals surface area contributed by atoms with Gasteiger partial charge >= 0.3 is 0 Å². The fraction of sp³-hybridized carbons (Fsp3) is 0.261. The van der Waals surface area contributed by atoms with Crippen molar-refractivity contribution in [2.24, 2.45) is 0 Å². The molecule has 5 rings (SSSR count). The molecule has 26 heavy (non-hydrogen) atoms. The smallest absolute Gasteiger partial charge is 0.212 e. The van der Waals surface area contributed by atoms with Crippen molar-refractivity contribution < 1.29 is 9.53 Å². The number of aromatic nitrogens is 1. The normalized spacial score (nSPS) is 18.2. The summed E-state index contributed by atoms with van der Waals surface area (Å²) in [5, 5.41) is 0. The molecule has 0 radical (unpaired) electrons. The summed E-state index contributed by atoms with van der Waals surface area (Å²) in [6, 6.07) is 14.6. The first-order valence-electron chi connectivity index (χ1n) is 9.23. The van der Waals surface area contributed by atoms with Gasteiger partial charge < -0.3 is 9.30 Å². The van der Waals surface area contributed by atoms with E-state index in [4.69, 9.17) is 4.74 Å². The summed E-state index contributed by atoms with van der Waals surface area (Å²) in [6.07, 6.45) is 4.28. The molecule has 1 saturated heterocycles. The van der Waals surface area contributed by atoms with Crippen LogP contribution in [0.2, 0.25) is 0 Å². The molecule has 0 bridgehead atoms. The number of carbonyl (C=O) groups excluding carboxylic acids is 1. The van der Waals surface area contributed by atoms with Gasteiger partial charge in [-0.15, -0.1) is 0 Å². The highest BCUT2D eigenvalue weighted by molar-refractivity contribution is 6.17. The average Bonchev–Trinajstić information content (AvgIpc) is 3.33. The minimum absolute atomic E-state index is 0.0751. The van der Waals surface area contributed by atoms with Gasteiger partial charge in [-0.05, 0) is 44.4 Å². The second-order valence-electron chi connectivity index (χ2n) is 7.40. The van der Waals surface area contributed by atoms with Crippen molar-refractivity contribution in [1.82, 2.24) is 4.57 Å². The number of fused-ring (bicyclic) bond motifs is 3. The van der Waals surface area contributed by atoms with E-state index < -0.39 is 0 Å². The third kappa shape index (κ3) is 2.20. The summed E-state index contributed by atoms with van der Waals surface area (Å²) in [4.78, 5) is 13.3. The van der Waals surface area contributed by atoms with E-state index in [1.54, 1.807) is 0 Å². The molecule has 0 N–H and O–H groups in total. The maximum absolute atomic E-state index is 13.3. The number of ether oxygens (including phenoxy) is 1. The number of carbonyl (C=O) groups is 1. The standard InChI is InChI=1S/C23H21NO2/c1-14-5-8-16(9-6-14)21-18(20-4-3-11-26-20)13-24-19-10-7-15(2)12-17(19)23(25)22(21)24/h5-10,12-13,20H,3-4,11H2,1-2H3. The van der Waals surface area contributed by atoms with Crippen molar-refractivity contribution in [1.29, 1.82) is 0 Å². The SMILES string of the molecule is Cc1ccc(-c2c(C3CCCO3)cn3c2C(=O)c2cc(C)ccc2-3)cc1. The summed E-state index contributed by atoms with van der Waals surface area (Å²) in [6.45, 7) is 4.90. The van der Waals surface area contributed by atoms with Gasteiger partial charge in [-0.3, -0.25) is 4.79 Å². The Balaban J connectivity index is 1.77. The minimum atomic E-state index is 0.0751. The molecule has 0 saturated carbocycles. The number of aryl methyl sites for hydroxylation is 2. The summed E-state index contributed by atoms with van der Waals surface area (Å²) in [7, 11) is 0. The van der Waals surface area contributed by atoms with Crippen LogP contribution in [-0.4, -0.2) is 17.0 Å². The van der Waals surface area contributed by atoms with Crippen molar-refractivity contribution in [3.8, 4) is 16.8 Å². The molecule has 1 fully saturated rings. The van der Waals surface area contributed by atoms with Gasteiger partial charge in [0.2, 0.25) is 5.78 Å². The zero-order valence-corrected chi connectivity index (χ0v) is 15.1. The third-order valence-corrected chi connectivity index (χ3v) is 5.52. The maximum atomic E-state index is 13.3. The van der Waals surface area contributed by atoms with Crippen LogP contribution in [0, 0.1) is 13.8 Å². The van der Waals surface area contributed by atoms with Crippen LogP contribution in [0.3, 0.4) is 0 Å². The number of nitrogens with zero attached hydrogens (tertiary/aromatic N) is 1. The quantitative estimate of drug-likeness (QED) is 0.503. The van der Waals surface area contributed by atoms with Gasteiger partial charge in [0.15, 0.2) is 0 Å². The molecule has 2 aliphatic rings. The van der Waals surface area contributed by atoms with E-state index in [2.05, 4.69) is 54.1 Å². The van der Waals surface area contributed by atoms with Crippen LogP contribution < -0.4 is 0 Å². The Kier molecular flexibility index (Phi) is 3.41. The Bertz CT molecular complexity index is 1020. The molecule has 3 nitrogen and oxygen atoms in total. The van der Waals surface area contributed by atoms with E-state index >= 15 is 0 Å². The first-order chi connectivity index (χ1) is 12.6. The van der Waals surface area contributed by atoms with Gasteiger partial charge in [-0.25, -0.2) is 0 Å². The molecular weight excluding hydrogens is 322 g/mol. The van der Waals surface area contributed by atoms with Crippen LogP contribution in [0.15, 0.2) is 48.7 Å². The average molecular weight is 343 g/mol. The highest BCUT2D eigenvalue weighted by atomic mass is 16.5. The van der Waals surface area contributed by atoms with Crippen LogP contribution in [0.25, 0.3) is 16.8 Å². The molecule has 130 valence electrons.